The van der Waals surface area contributed by atoms with Crippen molar-refractivity contribution in [1.82, 2.24) is 5.32 Å². The monoisotopic (exact) mass is 203 g/mol. The Morgan fingerprint density at radius 1 is 1.50 bits per heavy atom. The fourth-order valence-electron chi connectivity index (χ4n) is 1.76. The van der Waals surface area contributed by atoms with E-state index in [0.29, 0.717) is 18.8 Å². The molecular weight excluding hydrogens is 182 g/mol. The van der Waals surface area contributed by atoms with E-state index in [4.69, 9.17) is 14.6 Å². The molecule has 0 radical (unpaired) electrons. The second kappa shape index (κ2) is 6.35. The van der Waals surface area contributed by atoms with Gasteiger partial charge in [0.1, 0.15) is 0 Å². The highest BCUT2D eigenvalue weighted by Crippen LogP contribution is 2.23. The van der Waals surface area contributed by atoms with E-state index < -0.39 is 0 Å². The number of ether oxygens (including phenoxy) is 2. The number of hydrogen-bond donors (Lipinski definition) is 2. The Kier molecular flexibility index (Phi) is 5.40. The Labute approximate surface area is 85.6 Å². The van der Waals surface area contributed by atoms with Crippen LogP contribution < -0.4 is 5.32 Å². The first-order chi connectivity index (χ1) is 6.80. The Morgan fingerprint density at radius 2 is 2.21 bits per heavy atom. The molecule has 0 saturated heterocycles. The van der Waals surface area contributed by atoms with Gasteiger partial charge < -0.3 is 19.9 Å². The summed E-state index contributed by atoms with van der Waals surface area (Å²) in [5.74, 6) is 0. The fraction of sp³-hybridized carbons (Fsp3) is 1.00. The zero-order valence-corrected chi connectivity index (χ0v) is 9.03. The molecule has 0 amide bonds. The van der Waals surface area contributed by atoms with Gasteiger partial charge in [-0.15, -0.1) is 0 Å². The quantitative estimate of drug-likeness (QED) is 0.618. The molecule has 1 atom stereocenters. The first-order valence-electron chi connectivity index (χ1n) is 5.27. The second-order valence-corrected chi connectivity index (χ2v) is 3.75. The van der Waals surface area contributed by atoms with Crippen LogP contribution in [-0.4, -0.2) is 50.2 Å². The topological polar surface area (TPSA) is 50.7 Å². The third kappa shape index (κ3) is 3.53. The molecule has 0 aromatic heterocycles. The number of hydrogen-bond acceptors (Lipinski definition) is 4. The largest absolute Gasteiger partial charge is 0.395 e. The second-order valence-electron chi connectivity index (χ2n) is 3.75. The van der Waals surface area contributed by atoms with Crippen LogP contribution in [0.2, 0.25) is 0 Å². The van der Waals surface area contributed by atoms with E-state index in [2.05, 4.69) is 5.32 Å². The van der Waals surface area contributed by atoms with E-state index >= 15 is 0 Å². The summed E-state index contributed by atoms with van der Waals surface area (Å²) in [5.41, 5.74) is 0. The third-order valence-corrected chi connectivity index (χ3v) is 2.56. The molecule has 1 rings (SSSR count). The van der Waals surface area contributed by atoms with Crippen molar-refractivity contribution in [2.75, 3.05) is 26.9 Å². The van der Waals surface area contributed by atoms with E-state index in [0.717, 1.165) is 19.4 Å². The fourth-order valence-corrected chi connectivity index (χ4v) is 1.76. The molecule has 0 heterocycles. The lowest BCUT2D eigenvalue weighted by molar-refractivity contribution is -0.0172. The summed E-state index contributed by atoms with van der Waals surface area (Å²) in [5, 5.41) is 12.4. The van der Waals surface area contributed by atoms with Crippen molar-refractivity contribution in [2.24, 2.45) is 0 Å². The van der Waals surface area contributed by atoms with Gasteiger partial charge in [-0.3, -0.25) is 0 Å². The normalized spacial score (nSPS) is 28.5. The molecule has 4 heteroatoms. The van der Waals surface area contributed by atoms with Crippen LogP contribution in [0.3, 0.4) is 0 Å². The number of aliphatic hydroxyl groups is 1. The van der Waals surface area contributed by atoms with Gasteiger partial charge in [0.25, 0.3) is 0 Å². The molecule has 14 heavy (non-hydrogen) atoms. The van der Waals surface area contributed by atoms with Crippen LogP contribution in [0.4, 0.5) is 0 Å². The summed E-state index contributed by atoms with van der Waals surface area (Å²) in [6.45, 7) is 3.50. The van der Waals surface area contributed by atoms with E-state index in [-0.39, 0.29) is 12.6 Å². The van der Waals surface area contributed by atoms with Crippen molar-refractivity contribution in [3.63, 3.8) is 0 Å². The molecule has 0 aromatic carbocycles. The van der Waals surface area contributed by atoms with Gasteiger partial charge in [0.15, 0.2) is 0 Å². The van der Waals surface area contributed by atoms with Crippen LogP contribution >= 0.6 is 0 Å². The number of methoxy groups -OCH3 is 1. The third-order valence-electron chi connectivity index (χ3n) is 2.56. The molecule has 1 aliphatic carbocycles. The van der Waals surface area contributed by atoms with E-state index in [9.17, 15) is 0 Å². The lowest BCUT2D eigenvalue weighted by Gasteiger charge is -2.37. The smallest absolute Gasteiger partial charge is 0.0638 e. The van der Waals surface area contributed by atoms with Crippen molar-refractivity contribution in [3.8, 4) is 0 Å². The van der Waals surface area contributed by atoms with Crippen molar-refractivity contribution < 1.29 is 14.6 Å². The maximum Gasteiger partial charge on any atom is 0.0638 e. The van der Waals surface area contributed by atoms with Gasteiger partial charge in [-0.2, -0.15) is 0 Å². The molecule has 4 nitrogen and oxygen atoms in total. The number of aliphatic hydroxyl groups excluding tert-OH is 1. The van der Waals surface area contributed by atoms with Gasteiger partial charge in [-0.25, -0.2) is 0 Å². The minimum atomic E-state index is 0.0626. The molecule has 1 unspecified atom stereocenters. The molecule has 1 fully saturated rings. The zero-order valence-electron chi connectivity index (χ0n) is 9.03. The standard InChI is InChI=1S/C10H21NO3/c1-3-14-10-4-8(5-10)11-9(6-12)7-13-2/h8-12H,3-7H2,1-2H3. The van der Waals surface area contributed by atoms with Gasteiger partial charge in [0, 0.05) is 19.8 Å². The lowest BCUT2D eigenvalue weighted by Crippen LogP contribution is -2.51. The van der Waals surface area contributed by atoms with Gasteiger partial charge in [-0.05, 0) is 19.8 Å². The SMILES string of the molecule is CCOC1CC(NC(CO)COC)C1. The highest BCUT2D eigenvalue weighted by molar-refractivity contribution is 4.88. The minimum absolute atomic E-state index is 0.0626. The first-order valence-corrected chi connectivity index (χ1v) is 5.27. The first kappa shape index (κ1) is 11.9. The van der Waals surface area contributed by atoms with Crippen LogP contribution in [0.15, 0.2) is 0 Å². The molecule has 1 saturated carbocycles. The van der Waals surface area contributed by atoms with Crippen LogP contribution in [-0.2, 0) is 9.47 Å². The Balaban J connectivity index is 2.08. The van der Waals surface area contributed by atoms with Crippen molar-refractivity contribution in [1.29, 1.82) is 0 Å². The maximum atomic E-state index is 9.02. The molecule has 0 spiro atoms. The number of rotatable bonds is 7. The average molecular weight is 203 g/mol. The zero-order chi connectivity index (χ0) is 10.4. The molecule has 2 N–H and O–H groups in total. The van der Waals surface area contributed by atoms with E-state index in [1.165, 1.54) is 0 Å². The van der Waals surface area contributed by atoms with Gasteiger partial charge >= 0.3 is 0 Å². The molecular formula is C10H21NO3. The summed E-state index contributed by atoms with van der Waals surface area (Å²) < 4.78 is 10.4. The van der Waals surface area contributed by atoms with Crippen LogP contribution in [0.5, 0.6) is 0 Å². The van der Waals surface area contributed by atoms with E-state index in [1.54, 1.807) is 7.11 Å². The summed E-state index contributed by atoms with van der Waals surface area (Å²) >= 11 is 0. The van der Waals surface area contributed by atoms with E-state index in [1.807, 2.05) is 6.92 Å². The van der Waals surface area contributed by atoms with Crippen molar-refractivity contribution in [2.45, 2.75) is 38.0 Å². The predicted molar refractivity (Wildman–Crippen MR) is 54.3 cm³/mol. The molecule has 1 aliphatic rings. The lowest BCUT2D eigenvalue weighted by atomic mass is 9.88. The van der Waals surface area contributed by atoms with Crippen molar-refractivity contribution >= 4 is 0 Å². The summed E-state index contributed by atoms with van der Waals surface area (Å²) in [4.78, 5) is 0. The Morgan fingerprint density at radius 3 is 2.71 bits per heavy atom. The summed E-state index contributed by atoms with van der Waals surface area (Å²) in [7, 11) is 1.65. The van der Waals surface area contributed by atoms with Crippen LogP contribution in [0.25, 0.3) is 0 Å². The highest BCUT2D eigenvalue weighted by atomic mass is 16.5. The van der Waals surface area contributed by atoms with Crippen LogP contribution in [0, 0.1) is 0 Å². The molecule has 84 valence electrons. The summed E-state index contributed by atoms with van der Waals surface area (Å²) in [6.07, 6.45) is 2.52. The van der Waals surface area contributed by atoms with Gasteiger partial charge in [-0.1, -0.05) is 0 Å². The molecule has 0 bridgehead atoms. The summed E-state index contributed by atoms with van der Waals surface area (Å²) in [6, 6.07) is 0.548. The highest BCUT2D eigenvalue weighted by Gasteiger charge is 2.30. The Bertz CT molecular complexity index is 148. The van der Waals surface area contributed by atoms with Gasteiger partial charge in [0.2, 0.25) is 0 Å². The predicted octanol–water partition coefficient (Wildman–Crippen LogP) is 0.151. The average Bonchev–Trinajstić information content (AvgIpc) is 2.13. The van der Waals surface area contributed by atoms with Crippen LogP contribution in [0.1, 0.15) is 19.8 Å². The molecule has 0 aliphatic heterocycles. The molecule has 0 aromatic rings. The maximum absolute atomic E-state index is 9.02. The van der Waals surface area contributed by atoms with Gasteiger partial charge in [0.05, 0.1) is 25.4 Å². The van der Waals surface area contributed by atoms with Crippen molar-refractivity contribution in [3.05, 3.63) is 0 Å². The Hall–Kier alpha value is -0.160. The minimum Gasteiger partial charge on any atom is -0.395 e. The number of nitrogens with one attached hydrogen (secondary N) is 1.